The highest BCUT2D eigenvalue weighted by molar-refractivity contribution is 6.21. The largest absolute Gasteiger partial charge is 0.335 e. The fourth-order valence-corrected chi connectivity index (χ4v) is 2.96. The van der Waals surface area contributed by atoms with Crippen LogP contribution in [0.4, 0.5) is 0 Å². The van der Waals surface area contributed by atoms with Crippen LogP contribution >= 0.6 is 0 Å². The van der Waals surface area contributed by atoms with Crippen LogP contribution in [0, 0.1) is 11.8 Å². The number of hydrogen-bond donors (Lipinski definition) is 0. The van der Waals surface area contributed by atoms with E-state index >= 15 is 0 Å². The molecule has 2 saturated heterocycles. The van der Waals surface area contributed by atoms with E-state index in [1.165, 1.54) is 11.0 Å². The fourth-order valence-electron chi connectivity index (χ4n) is 2.96. The molecule has 0 radical (unpaired) electrons. The van der Waals surface area contributed by atoms with Gasteiger partial charge in [-0.1, -0.05) is 26.3 Å². The average molecular weight is 205 g/mol. The van der Waals surface area contributed by atoms with Crippen LogP contribution in [-0.4, -0.2) is 31.2 Å². The lowest BCUT2D eigenvalue weighted by Gasteiger charge is -2.37. The number of carbonyl (C=O) groups is 1. The van der Waals surface area contributed by atoms with Crippen LogP contribution in [0.2, 0.25) is 0 Å². The Bertz CT molecular complexity index is 320. The number of amides is 1. The van der Waals surface area contributed by atoms with Crippen LogP contribution in [0.1, 0.15) is 33.6 Å². The number of fused-ring (bicyclic) bond motifs is 1. The van der Waals surface area contributed by atoms with Gasteiger partial charge < -0.3 is 4.90 Å². The normalized spacial score (nSPS) is 39.3. The molecule has 1 amide bonds. The summed E-state index contributed by atoms with van der Waals surface area (Å²) in [4.78, 5) is 14.1. The van der Waals surface area contributed by atoms with Gasteiger partial charge >= 0.3 is 0 Å². The maximum Gasteiger partial charge on any atom is 0.225 e. The van der Waals surface area contributed by atoms with Crippen LogP contribution < -0.4 is 0 Å². The van der Waals surface area contributed by atoms with E-state index < -0.39 is 0 Å². The first-order valence-corrected chi connectivity index (χ1v) is 5.96. The average Bonchev–Trinajstić information content (AvgIpc) is 2.59. The van der Waals surface area contributed by atoms with Gasteiger partial charge in [-0.3, -0.25) is 4.79 Å². The maximum atomic E-state index is 12.0. The molecule has 82 valence electrons. The number of rotatable bonds is 0. The number of nitrogens with zero attached hydrogens (tertiary/aromatic N) is 1. The predicted molar refractivity (Wildman–Crippen MR) is 64.3 cm³/mol. The molecule has 3 heteroatoms. The van der Waals surface area contributed by atoms with Gasteiger partial charge in [-0.25, -0.2) is 0 Å². The highest BCUT2D eigenvalue weighted by Crippen LogP contribution is 2.37. The van der Waals surface area contributed by atoms with E-state index in [1.54, 1.807) is 0 Å². The minimum absolute atomic E-state index is 0.229. The van der Waals surface area contributed by atoms with Gasteiger partial charge in [-0.05, 0) is 18.8 Å². The summed E-state index contributed by atoms with van der Waals surface area (Å²) >= 11 is 0. The third-order valence-electron chi connectivity index (χ3n) is 4.01. The van der Waals surface area contributed by atoms with Crippen molar-refractivity contribution in [3.05, 3.63) is 11.0 Å². The standard InChI is InChI=1S/C12H20BNO/c1-7-4-8(2)12(15)14-6-10(9(3)13)5-11(7)14/h7-8,11H,4-6,13H2,1-3H3/b10-9+. The first kappa shape index (κ1) is 10.8. The summed E-state index contributed by atoms with van der Waals surface area (Å²) in [6.07, 6.45) is 2.18. The van der Waals surface area contributed by atoms with E-state index in [4.69, 9.17) is 0 Å². The van der Waals surface area contributed by atoms with Crippen LogP contribution in [0.3, 0.4) is 0 Å². The Balaban J connectivity index is 2.25. The van der Waals surface area contributed by atoms with Gasteiger partial charge in [0.2, 0.25) is 5.91 Å². The molecule has 0 N–H and O–H groups in total. The van der Waals surface area contributed by atoms with Gasteiger partial charge in [-0.2, -0.15) is 0 Å². The molecular formula is C12H20BNO. The fraction of sp³-hybridized carbons (Fsp3) is 0.750. The quantitative estimate of drug-likeness (QED) is 0.543. The number of allylic oxidation sites excluding steroid dienone is 1. The molecule has 2 fully saturated rings. The van der Waals surface area contributed by atoms with Crippen molar-refractivity contribution in [2.45, 2.75) is 39.7 Å². The second-order valence-electron chi connectivity index (χ2n) is 5.46. The predicted octanol–water partition coefficient (Wildman–Crippen LogP) is 1.17. The lowest BCUT2D eigenvalue weighted by atomic mass is 9.83. The molecule has 2 aliphatic heterocycles. The topological polar surface area (TPSA) is 20.3 Å². The van der Waals surface area contributed by atoms with Crippen molar-refractivity contribution in [3.8, 4) is 0 Å². The van der Waals surface area contributed by atoms with Gasteiger partial charge in [0.25, 0.3) is 0 Å². The van der Waals surface area contributed by atoms with Crippen LogP contribution in [-0.2, 0) is 4.79 Å². The highest BCUT2D eigenvalue weighted by Gasteiger charge is 2.41. The lowest BCUT2D eigenvalue weighted by molar-refractivity contribution is -0.141. The van der Waals surface area contributed by atoms with Crippen LogP contribution in [0.25, 0.3) is 0 Å². The Morgan fingerprint density at radius 1 is 1.47 bits per heavy atom. The minimum atomic E-state index is 0.229. The molecule has 2 heterocycles. The van der Waals surface area contributed by atoms with E-state index in [2.05, 4.69) is 33.5 Å². The summed E-state index contributed by atoms with van der Waals surface area (Å²) in [7, 11) is 2.16. The zero-order valence-electron chi connectivity index (χ0n) is 10.2. The minimum Gasteiger partial charge on any atom is -0.335 e. The van der Waals surface area contributed by atoms with Crippen molar-refractivity contribution in [1.29, 1.82) is 0 Å². The molecule has 0 bridgehead atoms. The molecular weight excluding hydrogens is 185 g/mol. The van der Waals surface area contributed by atoms with E-state index in [-0.39, 0.29) is 5.92 Å². The van der Waals surface area contributed by atoms with Crippen LogP contribution in [0.5, 0.6) is 0 Å². The van der Waals surface area contributed by atoms with Crippen molar-refractivity contribution in [2.24, 2.45) is 11.8 Å². The summed E-state index contributed by atoms with van der Waals surface area (Å²) in [6, 6.07) is 0.485. The Kier molecular flexibility index (Phi) is 2.65. The van der Waals surface area contributed by atoms with Crippen molar-refractivity contribution >= 4 is 13.8 Å². The monoisotopic (exact) mass is 205 g/mol. The van der Waals surface area contributed by atoms with Gasteiger partial charge in [0.05, 0.1) is 0 Å². The first-order valence-electron chi connectivity index (χ1n) is 5.96. The molecule has 0 aliphatic carbocycles. The SMILES string of the molecule is B/C(C)=C1\CC2C(C)CC(C)C(=O)N2C1. The summed E-state index contributed by atoms with van der Waals surface area (Å²) in [5.74, 6) is 1.26. The zero-order chi connectivity index (χ0) is 11.2. The molecule has 0 spiro atoms. The third kappa shape index (κ3) is 1.73. The number of carbonyl (C=O) groups excluding carboxylic acids is 1. The molecule has 15 heavy (non-hydrogen) atoms. The van der Waals surface area contributed by atoms with Crippen molar-refractivity contribution in [1.82, 2.24) is 4.90 Å². The van der Waals surface area contributed by atoms with Crippen molar-refractivity contribution in [2.75, 3.05) is 6.54 Å². The van der Waals surface area contributed by atoms with E-state index in [1.807, 2.05) is 0 Å². The summed E-state index contributed by atoms with van der Waals surface area (Å²) in [5, 5.41) is 0. The Labute approximate surface area is 93.1 Å². The molecule has 2 rings (SSSR count). The second-order valence-corrected chi connectivity index (χ2v) is 5.46. The molecule has 3 atom stereocenters. The zero-order valence-corrected chi connectivity index (χ0v) is 10.2. The molecule has 3 unspecified atom stereocenters. The molecule has 2 aliphatic rings. The lowest BCUT2D eigenvalue weighted by Crippen LogP contribution is -2.47. The number of hydrogen-bond acceptors (Lipinski definition) is 1. The molecule has 0 saturated carbocycles. The molecule has 0 aromatic rings. The van der Waals surface area contributed by atoms with Gasteiger partial charge in [0, 0.05) is 18.5 Å². The van der Waals surface area contributed by atoms with Gasteiger partial charge in [0.1, 0.15) is 7.85 Å². The molecule has 0 aromatic heterocycles. The van der Waals surface area contributed by atoms with E-state index in [0.717, 1.165) is 19.4 Å². The first-order chi connectivity index (χ1) is 7.00. The number of piperidine rings is 1. The smallest absolute Gasteiger partial charge is 0.225 e. The summed E-state index contributed by atoms with van der Waals surface area (Å²) < 4.78 is 0. The van der Waals surface area contributed by atoms with Gasteiger partial charge in [-0.15, -0.1) is 5.47 Å². The van der Waals surface area contributed by atoms with E-state index in [9.17, 15) is 4.79 Å². The Morgan fingerprint density at radius 2 is 2.13 bits per heavy atom. The molecule has 0 aromatic carbocycles. The Hall–Kier alpha value is -0.725. The second kappa shape index (κ2) is 3.69. The maximum absolute atomic E-state index is 12.0. The van der Waals surface area contributed by atoms with Crippen LogP contribution in [0.15, 0.2) is 11.0 Å². The highest BCUT2D eigenvalue weighted by atomic mass is 16.2. The Morgan fingerprint density at radius 3 is 2.73 bits per heavy atom. The molecule has 2 nitrogen and oxygen atoms in total. The third-order valence-corrected chi connectivity index (χ3v) is 4.01. The van der Waals surface area contributed by atoms with Crippen molar-refractivity contribution < 1.29 is 4.79 Å². The van der Waals surface area contributed by atoms with Crippen molar-refractivity contribution in [3.63, 3.8) is 0 Å². The van der Waals surface area contributed by atoms with E-state index in [0.29, 0.717) is 17.9 Å². The summed E-state index contributed by atoms with van der Waals surface area (Å²) in [5.41, 5.74) is 2.88. The van der Waals surface area contributed by atoms with Gasteiger partial charge in [0.15, 0.2) is 0 Å². The summed E-state index contributed by atoms with van der Waals surface area (Å²) in [6.45, 7) is 7.40.